The lowest BCUT2D eigenvalue weighted by Crippen LogP contribution is -1.93. The van der Waals surface area contributed by atoms with Gasteiger partial charge in [0.15, 0.2) is 5.58 Å². The largest absolute Gasteiger partial charge is 0.453 e. The van der Waals surface area contributed by atoms with E-state index >= 15 is 0 Å². The molecule has 0 atom stereocenters. The van der Waals surface area contributed by atoms with Crippen LogP contribution >= 0.6 is 11.3 Å². The van der Waals surface area contributed by atoms with Crippen molar-refractivity contribution in [1.82, 2.24) is 4.57 Å². The molecule has 6 aromatic carbocycles. The smallest absolute Gasteiger partial charge is 0.161 e. The van der Waals surface area contributed by atoms with Crippen molar-refractivity contribution in [3.8, 4) is 27.9 Å². The molecule has 3 aromatic heterocycles. The van der Waals surface area contributed by atoms with Crippen LogP contribution in [0.3, 0.4) is 0 Å². The summed E-state index contributed by atoms with van der Waals surface area (Å²) in [4.78, 5) is 0. The van der Waals surface area contributed by atoms with Crippen LogP contribution < -0.4 is 0 Å². The monoisotopic (exact) mass is 541 g/mol. The van der Waals surface area contributed by atoms with Crippen LogP contribution in [0.25, 0.3) is 81.1 Å². The molecule has 2 nitrogen and oxygen atoms in total. The minimum atomic E-state index is 0.920. The second kappa shape index (κ2) is 8.69. The van der Waals surface area contributed by atoms with Crippen molar-refractivity contribution in [1.29, 1.82) is 0 Å². The predicted molar refractivity (Wildman–Crippen MR) is 174 cm³/mol. The summed E-state index contributed by atoms with van der Waals surface area (Å²) in [5, 5.41) is 4.86. The normalized spacial score (nSPS) is 11.9. The van der Waals surface area contributed by atoms with E-state index in [0.29, 0.717) is 0 Å². The zero-order valence-corrected chi connectivity index (χ0v) is 22.9. The Labute approximate surface area is 240 Å². The Hall–Kier alpha value is -5.12. The molecule has 0 bridgehead atoms. The summed E-state index contributed by atoms with van der Waals surface area (Å²) in [5.41, 5.74) is 9.99. The second-order valence-electron chi connectivity index (χ2n) is 10.5. The molecule has 0 unspecified atom stereocenters. The van der Waals surface area contributed by atoms with Crippen molar-refractivity contribution in [3.63, 3.8) is 0 Å². The maximum atomic E-state index is 6.86. The topological polar surface area (TPSA) is 18.1 Å². The molecule has 192 valence electrons. The maximum Gasteiger partial charge on any atom is 0.161 e. The summed E-state index contributed by atoms with van der Waals surface area (Å²) >= 11 is 1.87. The van der Waals surface area contributed by atoms with Crippen molar-refractivity contribution in [2.45, 2.75) is 0 Å². The van der Waals surface area contributed by atoms with Gasteiger partial charge in [-0.2, -0.15) is 0 Å². The molecular formula is C38H23NOS. The number of aromatic nitrogens is 1. The van der Waals surface area contributed by atoms with E-state index in [1.54, 1.807) is 0 Å². The first-order chi connectivity index (χ1) is 20.4. The lowest BCUT2D eigenvalue weighted by molar-refractivity contribution is 0.674. The number of thiophene rings is 1. The Morgan fingerprint density at radius 3 is 1.90 bits per heavy atom. The quantitative estimate of drug-likeness (QED) is 0.217. The van der Waals surface area contributed by atoms with Crippen LogP contribution in [0.4, 0.5) is 0 Å². The lowest BCUT2D eigenvalue weighted by atomic mass is 9.93. The molecule has 0 aliphatic heterocycles. The molecule has 0 amide bonds. The Balaban J connectivity index is 1.35. The van der Waals surface area contributed by atoms with E-state index in [0.717, 1.165) is 44.2 Å². The van der Waals surface area contributed by atoms with Crippen LogP contribution in [-0.4, -0.2) is 4.57 Å². The minimum absolute atomic E-state index is 0.920. The van der Waals surface area contributed by atoms with Crippen LogP contribution in [0.2, 0.25) is 0 Å². The molecule has 0 saturated carbocycles. The molecule has 3 heterocycles. The zero-order valence-electron chi connectivity index (χ0n) is 22.0. The Morgan fingerprint density at radius 1 is 0.439 bits per heavy atom. The number of benzene rings is 6. The number of nitrogens with zero attached hydrogens (tertiary/aromatic N) is 1. The van der Waals surface area contributed by atoms with Crippen LogP contribution in [-0.2, 0) is 0 Å². The lowest BCUT2D eigenvalue weighted by Gasteiger charge is -2.12. The van der Waals surface area contributed by atoms with Gasteiger partial charge in [-0.05, 0) is 47.5 Å². The third-order valence-electron chi connectivity index (χ3n) is 8.23. The van der Waals surface area contributed by atoms with Crippen molar-refractivity contribution in [2.24, 2.45) is 0 Å². The molecule has 9 aromatic rings. The predicted octanol–water partition coefficient (Wildman–Crippen LogP) is 11.2. The van der Waals surface area contributed by atoms with Crippen LogP contribution in [0.1, 0.15) is 0 Å². The highest BCUT2D eigenvalue weighted by molar-refractivity contribution is 7.26. The van der Waals surface area contributed by atoms with Gasteiger partial charge < -0.3 is 8.98 Å². The fourth-order valence-electron chi connectivity index (χ4n) is 6.46. The summed E-state index contributed by atoms with van der Waals surface area (Å²) in [7, 11) is 0. The fraction of sp³-hybridized carbons (Fsp3) is 0. The van der Waals surface area contributed by atoms with Gasteiger partial charge in [-0.1, -0.05) is 103 Å². The summed E-state index contributed by atoms with van der Waals surface area (Å²) in [6, 6.07) is 49.8. The molecule has 0 saturated heterocycles. The van der Waals surface area contributed by atoms with E-state index in [4.69, 9.17) is 4.42 Å². The highest BCUT2D eigenvalue weighted by atomic mass is 32.1. The molecule has 3 heteroatoms. The molecule has 41 heavy (non-hydrogen) atoms. The van der Waals surface area contributed by atoms with Crippen molar-refractivity contribution < 1.29 is 4.42 Å². The van der Waals surface area contributed by atoms with Gasteiger partial charge in [0.1, 0.15) is 11.1 Å². The average molecular weight is 542 g/mol. The summed E-state index contributed by atoms with van der Waals surface area (Å²) in [6.45, 7) is 0. The molecule has 0 spiro atoms. The van der Waals surface area contributed by atoms with Gasteiger partial charge in [0, 0.05) is 47.8 Å². The average Bonchev–Trinajstić information content (AvgIpc) is 3.70. The number of para-hydroxylation sites is 3. The van der Waals surface area contributed by atoms with Crippen molar-refractivity contribution in [3.05, 3.63) is 140 Å². The summed E-state index contributed by atoms with van der Waals surface area (Å²) < 4.78 is 11.8. The SMILES string of the molecule is c1ccc(-n2c3ccccc3c3oc4c(-c5ccccc5-c5cccc6c5sc5ccccc56)cccc4c32)cc1. The van der Waals surface area contributed by atoms with Gasteiger partial charge in [-0.15, -0.1) is 11.3 Å². The number of rotatable bonds is 3. The van der Waals surface area contributed by atoms with Crippen LogP contribution in [0, 0.1) is 0 Å². The Bertz CT molecular complexity index is 2420. The molecular weight excluding hydrogens is 518 g/mol. The molecule has 0 aliphatic carbocycles. The van der Waals surface area contributed by atoms with E-state index in [-0.39, 0.29) is 0 Å². The third kappa shape index (κ3) is 3.24. The van der Waals surface area contributed by atoms with Crippen molar-refractivity contribution in [2.75, 3.05) is 0 Å². The second-order valence-corrected chi connectivity index (χ2v) is 11.5. The van der Waals surface area contributed by atoms with E-state index in [1.807, 2.05) is 11.3 Å². The summed E-state index contributed by atoms with van der Waals surface area (Å²) in [6.07, 6.45) is 0. The number of furan rings is 1. The standard InChI is InChI=1S/C38H23NOS/c1-2-12-24(13-3-1)39-33-22-8-6-17-31(33)37-35(39)32-21-10-18-28(36(32)40-37)25-14-4-5-15-26(25)29-19-11-20-30-27-16-7-9-23-34(27)41-38(29)30/h1-23H. The first-order valence-corrected chi connectivity index (χ1v) is 14.7. The zero-order chi connectivity index (χ0) is 26.9. The van der Waals surface area contributed by atoms with Gasteiger partial charge in [-0.25, -0.2) is 0 Å². The highest BCUT2D eigenvalue weighted by Crippen LogP contribution is 2.46. The Morgan fingerprint density at radius 2 is 1.05 bits per heavy atom. The van der Waals surface area contributed by atoms with Gasteiger partial charge in [-0.3, -0.25) is 0 Å². The molecule has 0 aliphatic rings. The third-order valence-corrected chi connectivity index (χ3v) is 9.45. The first kappa shape index (κ1) is 22.7. The first-order valence-electron chi connectivity index (χ1n) is 13.9. The van der Waals surface area contributed by atoms with Gasteiger partial charge in [0.2, 0.25) is 0 Å². The van der Waals surface area contributed by atoms with E-state index in [1.165, 1.54) is 36.9 Å². The van der Waals surface area contributed by atoms with E-state index in [9.17, 15) is 0 Å². The maximum absolute atomic E-state index is 6.86. The molecule has 9 rings (SSSR count). The van der Waals surface area contributed by atoms with Gasteiger partial charge in [0.25, 0.3) is 0 Å². The van der Waals surface area contributed by atoms with Gasteiger partial charge >= 0.3 is 0 Å². The molecule has 0 radical (unpaired) electrons. The van der Waals surface area contributed by atoms with Crippen LogP contribution in [0.15, 0.2) is 144 Å². The van der Waals surface area contributed by atoms with Crippen molar-refractivity contribution >= 4 is 64.5 Å². The Kier molecular flexibility index (Phi) is 4.80. The minimum Gasteiger partial charge on any atom is -0.453 e. The van der Waals surface area contributed by atoms with Crippen LogP contribution in [0.5, 0.6) is 0 Å². The fourth-order valence-corrected chi connectivity index (χ4v) is 7.69. The van der Waals surface area contributed by atoms with E-state index in [2.05, 4.69) is 144 Å². The summed E-state index contributed by atoms with van der Waals surface area (Å²) in [5.74, 6) is 0. The highest BCUT2D eigenvalue weighted by Gasteiger charge is 2.22. The molecule has 0 fully saturated rings. The molecule has 0 N–H and O–H groups in total. The number of fused-ring (bicyclic) bond motifs is 8. The van der Waals surface area contributed by atoms with Gasteiger partial charge in [0.05, 0.1) is 5.52 Å². The van der Waals surface area contributed by atoms with E-state index < -0.39 is 0 Å². The number of hydrogen-bond donors (Lipinski definition) is 0. The number of hydrogen-bond acceptors (Lipinski definition) is 2.